The van der Waals surface area contributed by atoms with Gasteiger partial charge in [-0.15, -0.1) is 0 Å². The fourth-order valence-corrected chi connectivity index (χ4v) is 2.75. The van der Waals surface area contributed by atoms with Gasteiger partial charge in [0.05, 0.1) is 5.60 Å². The first-order valence-electron chi connectivity index (χ1n) is 6.93. The van der Waals surface area contributed by atoms with E-state index in [4.69, 9.17) is 0 Å². The molecule has 0 radical (unpaired) electrons. The SMILES string of the molecule is CC(C)N1CCCC(O)(Cc2nccn2C)CC1. The standard InChI is InChI=1S/C14H25N3O/c1-12(2)17-8-4-5-14(18,6-9-17)11-13-15-7-10-16(13)3/h7,10,12,18H,4-6,8-9,11H2,1-3H3. The van der Waals surface area contributed by atoms with Crippen LogP contribution < -0.4 is 0 Å². The summed E-state index contributed by atoms with van der Waals surface area (Å²) in [6.07, 6.45) is 7.20. The van der Waals surface area contributed by atoms with E-state index in [9.17, 15) is 5.11 Å². The normalized spacial score (nSPS) is 26.5. The molecular weight excluding hydrogens is 226 g/mol. The van der Waals surface area contributed by atoms with E-state index < -0.39 is 5.60 Å². The fraction of sp³-hybridized carbons (Fsp3) is 0.786. The highest BCUT2D eigenvalue weighted by Gasteiger charge is 2.32. The maximum absolute atomic E-state index is 10.8. The molecule has 1 aromatic heterocycles. The van der Waals surface area contributed by atoms with Crippen LogP contribution in [0.4, 0.5) is 0 Å². The number of aromatic nitrogens is 2. The van der Waals surface area contributed by atoms with Crippen LogP contribution in [0.25, 0.3) is 0 Å². The van der Waals surface area contributed by atoms with Gasteiger partial charge in [-0.3, -0.25) is 0 Å². The van der Waals surface area contributed by atoms with Crippen molar-refractivity contribution in [3.05, 3.63) is 18.2 Å². The molecule has 1 aliphatic rings. The van der Waals surface area contributed by atoms with Crippen LogP contribution in [0.3, 0.4) is 0 Å². The van der Waals surface area contributed by atoms with Crippen molar-refractivity contribution in [2.45, 2.75) is 51.2 Å². The summed E-state index contributed by atoms with van der Waals surface area (Å²) in [5, 5.41) is 10.8. The predicted octanol–water partition coefficient (Wildman–Crippen LogP) is 1.59. The third kappa shape index (κ3) is 3.12. The van der Waals surface area contributed by atoms with E-state index in [0.717, 1.165) is 38.2 Å². The predicted molar refractivity (Wildman–Crippen MR) is 72.4 cm³/mol. The monoisotopic (exact) mass is 251 g/mol. The van der Waals surface area contributed by atoms with Gasteiger partial charge < -0.3 is 14.6 Å². The number of imidazole rings is 1. The molecular formula is C14H25N3O. The maximum Gasteiger partial charge on any atom is 0.111 e. The summed E-state index contributed by atoms with van der Waals surface area (Å²) < 4.78 is 2.00. The number of hydrogen-bond donors (Lipinski definition) is 1. The third-order valence-corrected chi connectivity index (χ3v) is 4.09. The molecule has 1 atom stereocenters. The van der Waals surface area contributed by atoms with Crippen LogP contribution in [-0.2, 0) is 13.5 Å². The van der Waals surface area contributed by atoms with E-state index in [1.165, 1.54) is 0 Å². The quantitative estimate of drug-likeness (QED) is 0.887. The van der Waals surface area contributed by atoms with Crippen molar-refractivity contribution in [1.82, 2.24) is 14.5 Å². The molecule has 102 valence electrons. The molecule has 1 fully saturated rings. The van der Waals surface area contributed by atoms with Gasteiger partial charge in [-0.2, -0.15) is 0 Å². The fourth-order valence-electron chi connectivity index (χ4n) is 2.75. The molecule has 0 aliphatic carbocycles. The van der Waals surface area contributed by atoms with Gasteiger partial charge in [0.1, 0.15) is 5.82 Å². The van der Waals surface area contributed by atoms with Gasteiger partial charge in [0.15, 0.2) is 0 Å². The van der Waals surface area contributed by atoms with Crippen LogP contribution in [0.2, 0.25) is 0 Å². The summed E-state index contributed by atoms with van der Waals surface area (Å²) in [6, 6.07) is 0.570. The summed E-state index contributed by atoms with van der Waals surface area (Å²) >= 11 is 0. The van der Waals surface area contributed by atoms with E-state index in [1.54, 1.807) is 6.20 Å². The minimum atomic E-state index is -0.581. The minimum absolute atomic E-state index is 0.570. The van der Waals surface area contributed by atoms with E-state index in [1.807, 2.05) is 17.8 Å². The third-order valence-electron chi connectivity index (χ3n) is 4.09. The second-order valence-electron chi connectivity index (χ2n) is 5.84. The number of likely N-dealkylation sites (tertiary alicyclic amines) is 1. The van der Waals surface area contributed by atoms with E-state index >= 15 is 0 Å². The van der Waals surface area contributed by atoms with Crippen LogP contribution in [0.1, 0.15) is 38.9 Å². The van der Waals surface area contributed by atoms with Crippen LogP contribution in [-0.4, -0.2) is 44.3 Å². The Morgan fingerprint density at radius 1 is 1.39 bits per heavy atom. The summed E-state index contributed by atoms with van der Waals surface area (Å²) in [5.41, 5.74) is -0.581. The summed E-state index contributed by atoms with van der Waals surface area (Å²) in [5.74, 6) is 0.982. The van der Waals surface area contributed by atoms with Crippen molar-refractivity contribution in [2.24, 2.45) is 7.05 Å². The van der Waals surface area contributed by atoms with Gasteiger partial charge in [-0.05, 0) is 39.7 Å². The Hall–Kier alpha value is -0.870. The Labute approximate surface area is 110 Å². The average molecular weight is 251 g/mol. The zero-order valence-corrected chi connectivity index (χ0v) is 11.8. The molecule has 4 nitrogen and oxygen atoms in total. The first-order valence-corrected chi connectivity index (χ1v) is 6.93. The van der Waals surface area contributed by atoms with Crippen molar-refractivity contribution in [1.29, 1.82) is 0 Å². The first-order chi connectivity index (χ1) is 8.50. The van der Waals surface area contributed by atoms with Gasteiger partial charge in [0.25, 0.3) is 0 Å². The Balaban J connectivity index is 2.01. The summed E-state index contributed by atoms with van der Waals surface area (Å²) in [6.45, 7) is 6.53. The Morgan fingerprint density at radius 2 is 2.17 bits per heavy atom. The molecule has 1 N–H and O–H groups in total. The average Bonchev–Trinajstić information content (AvgIpc) is 2.59. The molecule has 0 spiro atoms. The molecule has 1 aromatic rings. The summed E-state index contributed by atoms with van der Waals surface area (Å²) in [7, 11) is 1.99. The molecule has 1 saturated heterocycles. The molecule has 1 unspecified atom stereocenters. The van der Waals surface area contributed by atoms with Crippen molar-refractivity contribution in [3.8, 4) is 0 Å². The maximum atomic E-state index is 10.8. The van der Waals surface area contributed by atoms with Crippen LogP contribution >= 0.6 is 0 Å². The number of aryl methyl sites for hydroxylation is 1. The van der Waals surface area contributed by atoms with E-state index in [0.29, 0.717) is 12.5 Å². The zero-order chi connectivity index (χ0) is 13.2. The van der Waals surface area contributed by atoms with Crippen molar-refractivity contribution >= 4 is 0 Å². The molecule has 18 heavy (non-hydrogen) atoms. The van der Waals surface area contributed by atoms with Crippen LogP contribution in [0.15, 0.2) is 12.4 Å². The van der Waals surface area contributed by atoms with E-state index in [-0.39, 0.29) is 0 Å². The van der Waals surface area contributed by atoms with Crippen molar-refractivity contribution < 1.29 is 5.11 Å². The lowest BCUT2D eigenvalue weighted by atomic mass is 9.91. The van der Waals surface area contributed by atoms with Crippen LogP contribution in [0.5, 0.6) is 0 Å². The number of aliphatic hydroxyl groups is 1. The van der Waals surface area contributed by atoms with Gasteiger partial charge in [-0.25, -0.2) is 4.98 Å². The molecule has 4 heteroatoms. The smallest absolute Gasteiger partial charge is 0.111 e. The van der Waals surface area contributed by atoms with Gasteiger partial charge >= 0.3 is 0 Å². The largest absolute Gasteiger partial charge is 0.389 e. The molecule has 2 rings (SSSR count). The van der Waals surface area contributed by atoms with Crippen LogP contribution in [0, 0.1) is 0 Å². The van der Waals surface area contributed by atoms with Gasteiger partial charge in [0, 0.05) is 38.4 Å². The highest BCUT2D eigenvalue weighted by Crippen LogP contribution is 2.26. The molecule has 0 saturated carbocycles. The lowest BCUT2D eigenvalue weighted by Gasteiger charge is -2.27. The number of rotatable bonds is 3. The molecule has 2 heterocycles. The Morgan fingerprint density at radius 3 is 2.78 bits per heavy atom. The highest BCUT2D eigenvalue weighted by atomic mass is 16.3. The Kier molecular flexibility index (Phi) is 4.07. The van der Waals surface area contributed by atoms with Crippen molar-refractivity contribution in [3.63, 3.8) is 0 Å². The lowest BCUT2D eigenvalue weighted by molar-refractivity contribution is 0.0224. The zero-order valence-electron chi connectivity index (χ0n) is 11.8. The highest BCUT2D eigenvalue weighted by molar-refractivity contribution is 4.99. The van der Waals surface area contributed by atoms with Gasteiger partial charge in [-0.1, -0.05) is 0 Å². The molecule has 0 aromatic carbocycles. The minimum Gasteiger partial charge on any atom is -0.389 e. The first kappa shape index (κ1) is 13.6. The summed E-state index contributed by atoms with van der Waals surface area (Å²) in [4.78, 5) is 6.78. The van der Waals surface area contributed by atoms with E-state index in [2.05, 4.69) is 23.7 Å². The molecule has 0 bridgehead atoms. The molecule has 0 amide bonds. The topological polar surface area (TPSA) is 41.3 Å². The lowest BCUT2D eigenvalue weighted by Crippen LogP contribution is -2.36. The molecule has 1 aliphatic heterocycles. The number of hydrogen-bond acceptors (Lipinski definition) is 3. The van der Waals surface area contributed by atoms with Crippen molar-refractivity contribution in [2.75, 3.05) is 13.1 Å². The Bertz CT molecular complexity index is 388. The number of nitrogens with zero attached hydrogens (tertiary/aromatic N) is 3. The second kappa shape index (κ2) is 5.41. The second-order valence-corrected chi connectivity index (χ2v) is 5.84. The van der Waals surface area contributed by atoms with Gasteiger partial charge in [0.2, 0.25) is 0 Å².